The fourth-order valence-electron chi connectivity index (χ4n) is 3.61. The Morgan fingerprint density at radius 3 is 2.61 bits per heavy atom. The number of rotatable bonds is 3. The molecule has 8 heteroatoms. The molecule has 1 atom stereocenters. The maximum absolute atomic E-state index is 13.9. The number of alkyl halides is 3. The Morgan fingerprint density at radius 2 is 1.89 bits per heavy atom. The number of carbonyl (C=O) groups is 1. The molecule has 1 aliphatic rings. The first-order valence-electron chi connectivity index (χ1n) is 8.68. The first-order chi connectivity index (χ1) is 13.3. The van der Waals surface area contributed by atoms with Crippen molar-refractivity contribution in [3.8, 4) is 0 Å². The van der Waals surface area contributed by atoms with E-state index in [2.05, 4.69) is 4.98 Å². The van der Waals surface area contributed by atoms with E-state index in [1.54, 1.807) is 42.5 Å². The van der Waals surface area contributed by atoms with E-state index >= 15 is 0 Å². The lowest BCUT2D eigenvalue weighted by molar-refractivity contribution is -0.193. The van der Waals surface area contributed by atoms with E-state index in [0.29, 0.717) is 22.5 Å². The largest absolute Gasteiger partial charge is 0.414 e. The SMILES string of the molecule is O=C(CSc1ccc(Cl)cc1)N1CCc2c([nH]c3ccccc23)[C@H]1C(F)(F)F. The zero-order valence-electron chi connectivity index (χ0n) is 14.6. The van der Waals surface area contributed by atoms with Crippen molar-refractivity contribution in [1.29, 1.82) is 0 Å². The van der Waals surface area contributed by atoms with Crippen LogP contribution in [-0.4, -0.2) is 34.3 Å². The number of fused-ring (bicyclic) bond motifs is 3. The van der Waals surface area contributed by atoms with Crippen LogP contribution in [0.25, 0.3) is 10.9 Å². The van der Waals surface area contributed by atoms with Gasteiger partial charge in [0.1, 0.15) is 0 Å². The molecule has 28 heavy (non-hydrogen) atoms. The van der Waals surface area contributed by atoms with Gasteiger partial charge in [0.05, 0.1) is 11.4 Å². The molecular formula is C20H16ClF3N2OS. The van der Waals surface area contributed by atoms with Gasteiger partial charge in [0.15, 0.2) is 6.04 Å². The predicted molar refractivity (Wildman–Crippen MR) is 105 cm³/mol. The van der Waals surface area contributed by atoms with Gasteiger partial charge in [0.2, 0.25) is 5.91 Å². The number of hydrogen-bond acceptors (Lipinski definition) is 2. The van der Waals surface area contributed by atoms with E-state index in [0.717, 1.165) is 15.2 Å². The lowest BCUT2D eigenvalue weighted by atomic mass is 9.97. The van der Waals surface area contributed by atoms with Crippen LogP contribution in [0.1, 0.15) is 17.3 Å². The van der Waals surface area contributed by atoms with E-state index < -0.39 is 18.1 Å². The zero-order valence-corrected chi connectivity index (χ0v) is 16.2. The van der Waals surface area contributed by atoms with E-state index in [1.807, 2.05) is 6.07 Å². The number of nitrogens with one attached hydrogen (secondary N) is 1. The molecule has 1 aliphatic heterocycles. The minimum absolute atomic E-state index is 0.0407. The maximum atomic E-state index is 13.9. The van der Waals surface area contributed by atoms with Gasteiger partial charge < -0.3 is 9.88 Å². The monoisotopic (exact) mass is 424 g/mol. The Hall–Kier alpha value is -2.12. The van der Waals surface area contributed by atoms with Gasteiger partial charge >= 0.3 is 6.18 Å². The quantitative estimate of drug-likeness (QED) is 0.555. The number of aromatic nitrogens is 1. The normalized spacial score (nSPS) is 17.0. The first-order valence-corrected chi connectivity index (χ1v) is 10.0. The molecule has 1 amide bonds. The molecule has 146 valence electrons. The molecule has 0 unspecified atom stereocenters. The molecule has 0 radical (unpaired) electrons. The van der Waals surface area contributed by atoms with Gasteiger partial charge in [-0.3, -0.25) is 4.79 Å². The summed E-state index contributed by atoms with van der Waals surface area (Å²) in [4.78, 5) is 17.3. The van der Waals surface area contributed by atoms with Crippen molar-refractivity contribution in [3.05, 3.63) is 64.8 Å². The molecule has 0 spiro atoms. The number of carbonyl (C=O) groups excluding carboxylic acids is 1. The average molecular weight is 425 g/mol. The Morgan fingerprint density at radius 1 is 1.18 bits per heavy atom. The van der Waals surface area contributed by atoms with Crippen molar-refractivity contribution in [2.45, 2.75) is 23.5 Å². The Balaban J connectivity index is 1.61. The van der Waals surface area contributed by atoms with Gasteiger partial charge in [-0.05, 0) is 42.3 Å². The lowest BCUT2D eigenvalue weighted by Gasteiger charge is -2.36. The number of hydrogen-bond donors (Lipinski definition) is 1. The third-order valence-corrected chi connectivity index (χ3v) is 6.09. The van der Waals surface area contributed by atoms with Gasteiger partial charge in [0.25, 0.3) is 0 Å². The summed E-state index contributed by atoms with van der Waals surface area (Å²) < 4.78 is 41.8. The van der Waals surface area contributed by atoms with Crippen molar-refractivity contribution < 1.29 is 18.0 Å². The van der Waals surface area contributed by atoms with Crippen LogP contribution in [0.15, 0.2) is 53.4 Å². The highest BCUT2D eigenvalue weighted by atomic mass is 35.5. The molecule has 4 rings (SSSR count). The van der Waals surface area contributed by atoms with Crippen LogP contribution in [0.2, 0.25) is 5.02 Å². The fourth-order valence-corrected chi connectivity index (χ4v) is 4.52. The van der Waals surface area contributed by atoms with Crippen molar-refractivity contribution >= 4 is 40.2 Å². The third-order valence-electron chi connectivity index (χ3n) is 4.84. The van der Waals surface area contributed by atoms with Gasteiger partial charge in [-0.15, -0.1) is 11.8 Å². The number of para-hydroxylation sites is 1. The standard InChI is InChI=1S/C20H16ClF3N2OS/c21-12-5-7-13(8-6-12)28-11-17(27)26-10-9-15-14-3-1-2-4-16(14)25-18(15)19(26)20(22,23)24/h1-8,19,25H,9-11H2/t19-/m0/s1. The van der Waals surface area contributed by atoms with E-state index in [1.165, 1.54) is 11.8 Å². The molecule has 3 aromatic rings. The Kier molecular flexibility index (Phi) is 5.05. The molecular weight excluding hydrogens is 409 g/mol. The summed E-state index contributed by atoms with van der Waals surface area (Å²) in [6.07, 6.45) is -4.17. The predicted octanol–water partition coefficient (Wildman–Crippen LogP) is 5.60. The molecule has 2 aromatic carbocycles. The molecule has 0 bridgehead atoms. The molecule has 0 saturated carbocycles. The number of benzene rings is 2. The van der Waals surface area contributed by atoms with Crippen LogP contribution in [0.3, 0.4) is 0 Å². The number of nitrogens with zero attached hydrogens (tertiary/aromatic N) is 1. The zero-order chi connectivity index (χ0) is 19.9. The second-order valence-electron chi connectivity index (χ2n) is 6.59. The van der Waals surface area contributed by atoms with E-state index in [-0.39, 0.29) is 18.0 Å². The highest BCUT2D eigenvalue weighted by Crippen LogP contribution is 2.44. The Labute approximate surface area is 168 Å². The van der Waals surface area contributed by atoms with Gasteiger partial charge in [-0.1, -0.05) is 29.8 Å². The highest BCUT2D eigenvalue weighted by molar-refractivity contribution is 8.00. The van der Waals surface area contributed by atoms with Crippen molar-refractivity contribution in [1.82, 2.24) is 9.88 Å². The van der Waals surface area contributed by atoms with Crippen LogP contribution in [0.5, 0.6) is 0 Å². The van der Waals surface area contributed by atoms with Crippen molar-refractivity contribution in [2.75, 3.05) is 12.3 Å². The molecule has 1 N–H and O–H groups in total. The number of halogens is 4. The van der Waals surface area contributed by atoms with Gasteiger partial charge in [-0.2, -0.15) is 13.2 Å². The lowest BCUT2D eigenvalue weighted by Crippen LogP contribution is -2.47. The minimum atomic E-state index is -4.56. The molecule has 2 heterocycles. The van der Waals surface area contributed by atoms with Crippen LogP contribution in [-0.2, 0) is 11.2 Å². The summed E-state index contributed by atoms with van der Waals surface area (Å²) in [5.74, 6) is -0.601. The van der Waals surface area contributed by atoms with Gasteiger partial charge in [0, 0.05) is 27.4 Å². The maximum Gasteiger partial charge on any atom is 0.414 e. The number of amides is 1. The van der Waals surface area contributed by atoms with Crippen molar-refractivity contribution in [2.24, 2.45) is 0 Å². The summed E-state index contributed by atoms with van der Waals surface area (Å²) in [5.41, 5.74) is 1.38. The van der Waals surface area contributed by atoms with Crippen LogP contribution >= 0.6 is 23.4 Å². The van der Waals surface area contributed by atoms with Crippen LogP contribution in [0.4, 0.5) is 13.2 Å². The topological polar surface area (TPSA) is 36.1 Å². The summed E-state index contributed by atoms with van der Waals surface area (Å²) in [5, 5.41) is 1.35. The molecule has 0 saturated heterocycles. The van der Waals surface area contributed by atoms with E-state index in [9.17, 15) is 18.0 Å². The number of H-pyrrole nitrogens is 1. The fraction of sp³-hybridized carbons (Fsp3) is 0.250. The summed E-state index contributed by atoms with van der Waals surface area (Å²) in [7, 11) is 0. The highest BCUT2D eigenvalue weighted by Gasteiger charge is 2.50. The number of thioether (sulfide) groups is 1. The van der Waals surface area contributed by atoms with E-state index in [4.69, 9.17) is 11.6 Å². The molecule has 3 nitrogen and oxygen atoms in total. The summed E-state index contributed by atoms with van der Waals surface area (Å²) >= 11 is 7.04. The third kappa shape index (κ3) is 3.61. The van der Waals surface area contributed by atoms with Crippen molar-refractivity contribution in [3.63, 3.8) is 0 Å². The number of aromatic amines is 1. The molecule has 0 fully saturated rings. The minimum Gasteiger partial charge on any atom is -0.356 e. The smallest absolute Gasteiger partial charge is 0.356 e. The van der Waals surface area contributed by atoms with Gasteiger partial charge in [-0.25, -0.2) is 0 Å². The molecule has 1 aromatic heterocycles. The summed E-state index contributed by atoms with van der Waals surface area (Å²) in [6.45, 7) is 0.0407. The molecule has 0 aliphatic carbocycles. The summed E-state index contributed by atoms with van der Waals surface area (Å²) in [6, 6.07) is 12.0. The second-order valence-corrected chi connectivity index (χ2v) is 8.07. The van der Waals surface area contributed by atoms with Crippen LogP contribution < -0.4 is 0 Å². The first kappa shape index (κ1) is 19.2. The average Bonchev–Trinajstić information content (AvgIpc) is 3.04. The second kappa shape index (κ2) is 7.37. The Bertz CT molecular complexity index is 1020. The van der Waals surface area contributed by atoms with Crippen LogP contribution in [0, 0.1) is 0 Å².